The molecule has 3 aromatic carbocycles. The molecule has 1 amide bonds. The molecule has 10 heteroatoms. The third kappa shape index (κ3) is 6.83. The zero-order chi connectivity index (χ0) is 27.3. The molecule has 0 unspecified atom stereocenters. The Kier molecular flexibility index (Phi) is 8.25. The smallest absolute Gasteiger partial charge is 0.244 e. The number of carbonyl (C=O) groups is 1. The van der Waals surface area contributed by atoms with Gasteiger partial charge in [0.25, 0.3) is 0 Å². The van der Waals surface area contributed by atoms with E-state index in [-0.39, 0.29) is 21.9 Å². The van der Waals surface area contributed by atoms with Gasteiger partial charge in [0.15, 0.2) is 0 Å². The van der Waals surface area contributed by atoms with E-state index in [4.69, 9.17) is 4.74 Å². The van der Waals surface area contributed by atoms with E-state index in [0.717, 1.165) is 16.7 Å². The van der Waals surface area contributed by atoms with Crippen LogP contribution in [0.2, 0.25) is 0 Å². The Morgan fingerprint density at radius 1 is 0.974 bits per heavy atom. The maximum absolute atomic E-state index is 13.3. The maximum Gasteiger partial charge on any atom is 0.244 e. The lowest BCUT2D eigenvalue weighted by molar-refractivity contribution is -0.117. The second kappa shape index (κ2) is 11.4. The lowest BCUT2D eigenvalue weighted by Crippen LogP contribution is -2.45. The highest BCUT2D eigenvalue weighted by molar-refractivity contribution is 7.89. The molecule has 0 fully saturated rings. The molecule has 4 aromatic rings. The van der Waals surface area contributed by atoms with E-state index in [1.807, 2.05) is 54.6 Å². The van der Waals surface area contributed by atoms with E-state index in [0.29, 0.717) is 10.8 Å². The highest BCUT2D eigenvalue weighted by Crippen LogP contribution is 2.29. The largest absolute Gasteiger partial charge is 0.497 e. The summed E-state index contributed by atoms with van der Waals surface area (Å²) in [5.41, 5.74) is 2.50. The number of aromatic nitrogens is 2. The zero-order valence-corrected chi connectivity index (χ0v) is 23.3. The normalized spacial score (nSPS) is 12.6. The van der Waals surface area contributed by atoms with Gasteiger partial charge in [-0.2, -0.15) is 4.72 Å². The molecular weight excluding hydrogens is 520 g/mol. The quantitative estimate of drug-likeness (QED) is 0.302. The summed E-state index contributed by atoms with van der Waals surface area (Å²) in [5.74, 6) is 0.147. The average Bonchev–Trinajstić information content (AvgIpc) is 3.37. The number of rotatable bonds is 9. The van der Waals surface area contributed by atoms with Gasteiger partial charge in [0.2, 0.25) is 21.1 Å². The van der Waals surface area contributed by atoms with E-state index < -0.39 is 22.0 Å². The van der Waals surface area contributed by atoms with Crippen LogP contribution >= 0.6 is 11.3 Å². The van der Waals surface area contributed by atoms with Crippen LogP contribution in [-0.4, -0.2) is 37.7 Å². The third-order valence-corrected chi connectivity index (χ3v) is 8.27. The number of hydrogen-bond acceptors (Lipinski definition) is 7. The molecule has 2 N–H and O–H groups in total. The molecule has 0 aliphatic heterocycles. The van der Waals surface area contributed by atoms with Gasteiger partial charge in [0.1, 0.15) is 16.8 Å². The Bertz CT molecular complexity index is 1500. The second-order valence-electron chi connectivity index (χ2n) is 9.77. The Morgan fingerprint density at radius 2 is 1.68 bits per heavy atom. The standard InChI is InChI=1S/C28H30N4O4S2/c1-28(2,3)21-13-15-23(16-14-21)38(34,35)32-24(17-19-9-6-5-7-10-19)25(33)29-27-31-30-26(37-27)20-11-8-12-22(18-20)36-4/h5-16,18,24,32H,17H2,1-4H3,(H,29,31,33)/t24-/m0/s1. The number of anilines is 1. The van der Waals surface area contributed by atoms with Gasteiger partial charge >= 0.3 is 0 Å². The molecule has 0 radical (unpaired) electrons. The van der Waals surface area contributed by atoms with Crippen molar-refractivity contribution in [2.75, 3.05) is 12.4 Å². The highest BCUT2D eigenvalue weighted by Gasteiger charge is 2.27. The van der Waals surface area contributed by atoms with Crippen LogP contribution in [0.15, 0.2) is 83.8 Å². The molecule has 1 aromatic heterocycles. The van der Waals surface area contributed by atoms with Gasteiger partial charge in [-0.25, -0.2) is 8.42 Å². The number of hydrogen-bond donors (Lipinski definition) is 2. The van der Waals surface area contributed by atoms with Gasteiger partial charge in [0, 0.05) is 5.56 Å². The SMILES string of the molecule is COc1cccc(-c2nnc(NC(=O)[C@H](Cc3ccccc3)NS(=O)(=O)c3ccc(C(C)(C)C)cc3)s2)c1. The zero-order valence-electron chi connectivity index (χ0n) is 21.6. The van der Waals surface area contributed by atoms with Gasteiger partial charge in [-0.3, -0.25) is 10.1 Å². The maximum atomic E-state index is 13.3. The monoisotopic (exact) mass is 550 g/mol. The van der Waals surface area contributed by atoms with Crippen molar-refractivity contribution in [1.29, 1.82) is 0 Å². The van der Waals surface area contributed by atoms with E-state index in [1.165, 1.54) is 11.3 Å². The van der Waals surface area contributed by atoms with Crippen molar-refractivity contribution in [3.05, 3.63) is 90.0 Å². The van der Waals surface area contributed by atoms with Gasteiger partial charge < -0.3 is 4.74 Å². The molecule has 198 valence electrons. The van der Waals surface area contributed by atoms with E-state index in [9.17, 15) is 13.2 Å². The molecule has 0 spiro atoms. The fraction of sp³-hybridized carbons (Fsp3) is 0.250. The second-order valence-corrected chi connectivity index (χ2v) is 12.5. The first-order chi connectivity index (χ1) is 18.0. The summed E-state index contributed by atoms with van der Waals surface area (Å²) in [4.78, 5) is 13.4. The molecule has 0 bridgehead atoms. The first-order valence-corrected chi connectivity index (χ1v) is 14.3. The van der Waals surface area contributed by atoms with Crippen molar-refractivity contribution < 1.29 is 17.9 Å². The number of sulfonamides is 1. The van der Waals surface area contributed by atoms with Crippen molar-refractivity contribution in [1.82, 2.24) is 14.9 Å². The molecule has 0 saturated heterocycles. The van der Waals surface area contributed by atoms with Crippen LogP contribution in [0.4, 0.5) is 5.13 Å². The summed E-state index contributed by atoms with van der Waals surface area (Å²) in [7, 11) is -2.40. The van der Waals surface area contributed by atoms with Crippen LogP contribution in [0.3, 0.4) is 0 Å². The summed E-state index contributed by atoms with van der Waals surface area (Å²) in [6, 6.07) is 22.2. The first-order valence-electron chi connectivity index (χ1n) is 12.0. The van der Waals surface area contributed by atoms with Crippen LogP contribution in [0, 0.1) is 0 Å². The van der Waals surface area contributed by atoms with Gasteiger partial charge in [-0.15, -0.1) is 10.2 Å². The third-order valence-electron chi connectivity index (χ3n) is 5.90. The fourth-order valence-corrected chi connectivity index (χ4v) is 5.70. The summed E-state index contributed by atoms with van der Waals surface area (Å²) in [5, 5.41) is 11.8. The van der Waals surface area contributed by atoms with Crippen LogP contribution < -0.4 is 14.8 Å². The number of nitrogens with one attached hydrogen (secondary N) is 2. The van der Waals surface area contributed by atoms with E-state index in [1.54, 1.807) is 31.4 Å². The van der Waals surface area contributed by atoms with E-state index in [2.05, 4.69) is 41.0 Å². The lowest BCUT2D eigenvalue weighted by Gasteiger charge is -2.20. The van der Waals surface area contributed by atoms with Crippen molar-refractivity contribution >= 4 is 32.4 Å². The molecule has 8 nitrogen and oxygen atoms in total. The van der Waals surface area contributed by atoms with Crippen molar-refractivity contribution in [2.45, 2.75) is 43.5 Å². The van der Waals surface area contributed by atoms with Crippen LogP contribution in [-0.2, 0) is 26.7 Å². The molecule has 38 heavy (non-hydrogen) atoms. The summed E-state index contributed by atoms with van der Waals surface area (Å²) in [6.45, 7) is 6.17. The molecule has 0 aliphatic carbocycles. The number of ether oxygens (including phenoxy) is 1. The molecule has 1 atom stereocenters. The molecular formula is C28H30N4O4S2. The summed E-state index contributed by atoms with van der Waals surface area (Å²) < 4.78 is 34.4. The van der Waals surface area contributed by atoms with Crippen molar-refractivity contribution in [3.8, 4) is 16.3 Å². The number of amides is 1. The van der Waals surface area contributed by atoms with Gasteiger partial charge in [0.05, 0.1) is 12.0 Å². The Morgan fingerprint density at radius 3 is 2.34 bits per heavy atom. The van der Waals surface area contributed by atoms with Crippen LogP contribution in [0.25, 0.3) is 10.6 Å². The minimum Gasteiger partial charge on any atom is -0.497 e. The first kappa shape index (κ1) is 27.4. The Balaban J connectivity index is 1.56. The Hall–Kier alpha value is -3.60. The minimum absolute atomic E-state index is 0.0904. The van der Waals surface area contributed by atoms with Crippen LogP contribution in [0.5, 0.6) is 5.75 Å². The molecule has 0 aliphatic rings. The van der Waals surface area contributed by atoms with E-state index >= 15 is 0 Å². The summed E-state index contributed by atoms with van der Waals surface area (Å²) in [6.07, 6.45) is 0.160. The molecule has 0 saturated carbocycles. The fourth-order valence-electron chi connectivity index (χ4n) is 3.77. The number of methoxy groups -OCH3 is 1. The van der Waals surface area contributed by atoms with Crippen LogP contribution in [0.1, 0.15) is 31.9 Å². The van der Waals surface area contributed by atoms with Crippen molar-refractivity contribution in [3.63, 3.8) is 0 Å². The predicted octanol–water partition coefficient (Wildman–Crippen LogP) is 5.04. The number of carbonyl (C=O) groups excluding carboxylic acids is 1. The van der Waals surface area contributed by atoms with Gasteiger partial charge in [-0.05, 0) is 47.2 Å². The molecule has 1 heterocycles. The topological polar surface area (TPSA) is 110 Å². The Labute approximate surface area is 227 Å². The number of benzene rings is 3. The predicted molar refractivity (Wildman–Crippen MR) is 150 cm³/mol. The summed E-state index contributed by atoms with van der Waals surface area (Å²) >= 11 is 1.19. The number of nitrogens with zero attached hydrogens (tertiary/aromatic N) is 2. The lowest BCUT2D eigenvalue weighted by atomic mass is 9.87. The van der Waals surface area contributed by atoms with Crippen molar-refractivity contribution in [2.24, 2.45) is 0 Å². The highest BCUT2D eigenvalue weighted by atomic mass is 32.2. The average molecular weight is 551 g/mol. The van der Waals surface area contributed by atoms with Gasteiger partial charge in [-0.1, -0.05) is 86.7 Å². The minimum atomic E-state index is -3.98. The molecule has 4 rings (SSSR count).